The van der Waals surface area contributed by atoms with Gasteiger partial charge in [0.15, 0.2) is 0 Å². The molecule has 77 heavy (non-hydrogen) atoms. The average molecular weight is 1080 g/mol. The highest BCUT2D eigenvalue weighted by atomic mass is 19.1. The summed E-state index contributed by atoms with van der Waals surface area (Å²) in [6.45, 7) is -0.338. The summed E-state index contributed by atoms with van der Waals surface area (Å²) in [6, 6.07) is 11.1. The zero-order valence-corrected chi connectivity index (χ0v) is 40.7. The molecular weight excluding hydrogens is 1020 g/mol. The summed E-state index contributed by atoms with van der Waals surface area (Å²) in [5, 5.41) is 74.7. The summed E-state index contributed by atoms with van der Waals surface area (Å²) in [5.74, 6) is -17.1. The summed E-state index contributed by atoms with van der Waals surface area (Å²) in [6.07, 6.45) is -2.10. The number of aliphatic carboxylic acids is 6. The molecule has 0 radical (unpaired) electrons. The molecule has 26 nitrogen and oxygen atoms in total. The first kappa shape index (κ1) is 60.0. The van der Waals surface area contributed by atoms with Crippen LogP contribution in [0.25, 0.3) is 10.8 Å². The molecule has 1 aromatic heterocycles. The first-order valence-electron chi connectivity index (χ1n) is 23.6. The molecule has 0 bridgehead atoms. The number of benzene rings is 3. The van der Waals surface area contributed by atoms with Gasteiger partial charge in [0.2, 0.25) is 23.7 Å². The number of nitrogens with one attached hydrogen (secondary N) is 7. The molecule has 7 amide bonds. The number of amides is 7. The van der Waals surface area contributed by atoms with E-state index in [-0.39, 0.29) is 49.9 Å². The molecule has 4 aromatic rings. The number of unbranched alkanes of at least 4 members (excludes halogenated alkanes) is 1. The number of carbonyl (C=O) groups is 12. The van der Waals surface area contributed by atoms with Gasteiger partial charge in [0, 0.05) is 62.2 Å². The number of pyridine rings is 1. The number of urea groups is 1. The number of aromatic nitrogens is 1. The number of carbonyl (C=O) groups excluding carboxylic acids is 6. The van der Waals surface area contributed by atoms with Crippen molar-refractivity contribution in [3.8, 4) is 0 Å². The van der Waals surface area contributed by atoms with Gasteiger partial charge in [0.05, 0.1) is 0 Å². The topological polar surface area (TPSA) is 423 Å². The fraction of sp³-hybridized carbons (Fsp3) is 0.340. The van der Waals surface area contributed by atoms with Crippen molar-refractivity contribution in [3.05, 3.63) is 113 Å². The second-order valence-electron chi connectivity index (χ2n) is 17.3. The molecule has 0 aliphatic heterocycles. The van der Waals surface area contributed by atoms with Crippen molar-refractivity contribution in [2.24, 2.45) is 5.92 Å². The van der Waals surface area contributed by atoms with E-state index in [1.54, 1.807) is 6.07 Å². The molecule has 6 atom stereocenters. The molecule has 27 heteroatoms. The van der Waals surface area contributed by atoms with Crippen LogP contribution in [0.2, 0.25) is 0 Å². The fourth-order valence-electron chi connectivity index (χ4n) is 7.46. The Kier molecular flexibility index (Phi) is 22.9. The monoisotopic (exact) mass is 1070 g/mol. The van der Waals surface area contributed by atoms with Crippen molar-refractivity contribution in [1.29, 1.82) is 0 Å². The molecule has 1 heterocycles. The summed E-state index contributed by atoms with van der Waals surface area (Å²) in [5.41, 5.74) is 0.760. The fourth-order valence-corrected chi connectivity index (χ4v) is 7.46. The summed E-state index contributed by atoms with van der Waals surface area (Å²) < 4.78 is 13.6. The highest BCUT2D eigenvalue weighted by molar-refractivity contribution is 6.00. The van der Waals surface area contributed by atoms with E-state index in [0.29, 0.717) is 11.1 Å². The normalized spacial score (nSPS) is 13.2. The quantitative estimate of drug-likeness (QED) is 0.0190. The predicted molar refractivity (Wildman–Crippen MR) is 263 cm³/mol. The van der Waals surface area contributed by atoms with Gasteiger partial charge in [-0.3, -0.25) is 38.4 Å². The third-order valence-electron chi connectivity index (χ3n) is 11.6. The molecule has 0 saturated carbocycles. The number of hydrogen-bond donors (Lipinski definition) is 13. The molecule has 410 valence electrons. The van der Waals surface area contributed by atoms with Gasteiger partial charge in [0.25, 0.3) is 11.8 Å². The Labute approximate surface area is 436 Å². The number of carboxylic acid groups (broad SMARTS) is 6. The molecule has 13 N–H and O–H groups in total. The Hall–Kier alpha value is -9.56. The lowest BCUT2D eigenvalue weighted by Gasteiger charge is -2.23. The molecular formula is C50H55FN8O18. The Morgan fingerprint density at radius 3 is 1.66 bits per heavy atom. The Balaban J connectivity index is 1.37. The van der Waals surface area contributed by atoms with Crippen molar-refractivity contribution in [2.75, 3.05) is 6.54 Å². The number of hydrogen-bond acceptors (Lipinski definition) is 13. The van der Waals surface area contributed by atoms with Gasteiger partial charge in [-0.15, -0.1) is 0 Å². The van der Waals surface area contributed by atoms with E-state index in [1.807, 2.05) is 47.0 Å². The number of halogens is 1. The predicted octanol–water partition coefficient (Wildman–Crippen LogP) is 1.01. The third-order valence-corrected chi connectivity index (χ3v) is 11.6. The SMILES string of the molecule is O=C(O)CCC(NC(=O)NC(CCCCNC(=O)C(Cc1ccc2ccccc2c1)NC(=O)c1ccc(CNC(=O)C(CC(NC(=O)C(CCC(=O)O)NC(=O)c2ccnc(F)c2)C(=O)O)C(=O)O)cc1)C(=O)O)C(=O)O. The highest BCUT2D eigenvalue weighted by Gasteiger charge is 2.35. The molecule has 3 aromatic carbocycles. The number of fused-ring (bicyclic) bond motifs is 1. The molecule has 6 unspecified atom stereocenters. The lowest BCUT2D eigenvalue weighted by molar-refractivity contribution is -0.150. The van der Waals surface area contributed by atoms with Crippen molar-refractivity contribution >= 4 is 82.2 Å². The van der Waals surface area contributed by atoms with E-state index in [1.165, 1.54) is 24.3 Å². The molecule has 0 spiro atoms. The standard InChI is InChI=1S/C50H55FN8O18/c51-38-23-31(18-20-52-38)42(65)55-33(14-16-39(60)61)45(68)57-37(49(75)76)24-32(46(69)70)43(66)54-25-26-8-12-29(13-9-26)41(64)56-36(22-27-10-11-28-5-1-2-6-30(28)21-27)44(67)53-19-4-3-7-34(47(71)72)58-50(77)59-35(48(73)74)15-17-40(62)63/h1-2,5-6,8-13,18,20-21,23,32-37H,3-4,7,14-17,19,22,24-25H2,(H,53,67)(H,54,66)(H,55,65)(H,56,64)(H,57,68)(H,60,61)(H,62,63)(H,69,70)(H,71,72)(H,73,74)(H,75,76)(H2,58,59,77). The van der Waals surface area contributed by atoms with Crippen LogP contribution in [-0.4, -0.2) is 144 Å². The van der Waals surface area contributed by atoms with Gasteiger partial charge in [0.1, 0.15) is 36.1 Å². The van der Waals surface area contributed by atoms with Gasteiger partial charge < -0.3 is 67.9 Å². The number of rotatable bonds is 31. The molecule has 0 saturated heterocycles. The second kappa shape index (κ2) is 29.4. The minimum absolute atomic E-state index is 0.00112. The smallest absolute Gasteiger partial charge is 0.326 e. The van der Waals surface area contributed by atoms with Crippen LogP contribution in [-0.2, 0) is 56.1 Å². The second-order valence-corrected chi connectivity index (χ2v) is 17.3. The lowest BCUT2D eigenvalue weighted by atomic mass is 9.98. The van der Waals surface area contributed by atoms with Crippen LogP contribution in [0.3, 0.4) is 0 Å². The van der Waals surface area contributed by atoms with Crippen molar-refractivity contribution < 1.29 is 92.6 Å². The van der Waals surface area contributed by atoms with Gasteiger partial charge in [-0.25, -0.2) is 24.2 Å². The summed E-state index contributed by atoms with van der Waals surface area (Å²) in [7, 11) is 0. The minimum Gasteiger partial charge on any atom is -0.481 e. The van der Waals surface area contributed by atoms with Crippen LogP contribution in [0.15, 0.2) is 85.1 Å². The van der Waals surface area contributed by atoms with E-state index < -0.39 is 146 Å². The Morgan fingerprint density at radius 2 is 1.06 bits per heavy atom. The van der Waals surface area contributed by atoms with Crippen LogP contribution in [0, 0.1) is 11.9 Å². The van der Waals surface area contributed by atoms with E-state index in [9.17, 15) is 87.5 Å². The van der Waals surface area contributed by atoms with Gasteiger partial charge in [-0.05, 0) is 72.2 Å². The van der Waals surface area contributed by atoms with Crippen LogP contribution in [0.1, 0.15) is 83.2 Å². The first-order chi connectivity index (χ1) is 36.5. The van der Waals surface area contributed by atoms with Crippen LogP contribution >= 0.6 is 0 Å². The zero-order valence-electron chi connectivity index (χ0n) is 40.7. The van der Waals surface area contributed by atoms with E-state index in [4.69, 9.17) is 5.11 Å². The van der Waals surface area contributed by atoms with Crippen molar-refractivity contribution in [1.82, 2.24) is 42.2 Å². The van der Waals surface area contributed by atoms with Crippen molar-refractivity contribution in [3.63, 3.8) is 0 Å². The van der Waals surface area contributed by atoms with Crippen LogP contribution < -0.4 is 37.2 Å². The van der Waals surface area contributed by atoms with E-state index >= 15 is 0 Å². The first-order valence-corrected chi connectivity index (χ1v) is 23.6. The average Bonchev–Trinajstić information content (AvgIpc) is 3.38. The minimum atomic E-state index is -2.07. The van der Waals surface area contributed by atoms with Crippen molar-refractivity contribution in [2.45, 2.75) is 94.5 Å². The lowest BCUT2D eigenvalue weighted by Crippen LogP contribution is -2.53. The third kappa shape index (κ3) is 20.0. The summed E-state index contributed by atoms with van der Waals surface area (Å²) >= 11 is 0. The molecule has 0 aliphatic carbocycles. The van der Waals surface area contributed by atoms with Crippen LogP contribution in [0.5, 0.6) is 0 Å². The van der Waals surface area contributed by atoms with Gasteiger partial charge in [-0.2, -0.15) is 4.39 Å². The zero-order chi connectivity index (χ0) is 56.8. The Bertz CT molecular complexity index is 2850. The van der Waals surface area contributed by atoms with Gasteiger partial charge >= 0.3 is 41.8 Å². The number of nitrogens with zero attached hydrogens (tertiary/aromatic N) is 1. The highest BCUT2D eigenvalue weighted by Crippen LogP contribution is 2.18. The summed E-state index contributed by atoms with van der Waals surface area (Å²) in [4.78, 5) is 152. The maximum absolute atomic E-state index is 13.7. The molecule has 0 aliphatic rings. The molecule has 0 fully saturated rings. The van der Waals surface area contributed by atoms with Crippen LogP contribution in [0.4, 0.5) is 9.18 Å². The molecule has 4 rings (SSSR count). The van der Waals surface area contributed by atoms with E-state index in [2.05, 4.69) is 31.6 Å². The van der Waals surface area contributed by atoms with E-state index in [0.717, 1.165) is 29.1 Å². The largest absolute Gasteiger partial charge is 0.481 e. The Morgan fingerprint density at radius 1 is 0.494 bits per heavy atom. The van der Waals surface area contributed by atoms with Gasteiger partial charge in [-0.1, -0.05) is 54.6 Å². The number of carboxylic acids is 6. The maximum atomic E-state index is 13.7. The maximum Gasteiger partial charge on any atom is 0.326 e.